The summed E-state index contributed by atoms with van der Waals surface area (Å²) >= 11 is 3.21. The highest BCUT2D eigenvalue weighted by Crippen LogP contribution is 2.18. The maximum atomic E-state index is 9.83. The van der Waals surface area contributed by atoms with E-state index in [4.69, 9.17) is 0 Å². The standard InChI is InChI=1S/C10H12BrN3O2/c11-3-1-8(15)9(16)7-5-13-10-6(14-7)2-4-12-10/h2,4-5,8-9,15-16H,1,3H2,(H,12,13). The quantitative estimate of drug-likeness (QED) is 0.736. The number of nitrogens with zero attached hydrogens (tertiary/aromatic N) is 2. The van der Waals surface area contributed by atoms with E-state index in [2.05, 4.69) is 30.9 Å². The van der Waals surface area contributed by atoms with Crippen molar-refractivity contribution >= 4 is 27.1 Å². The van der Waals surface area contributed by atoms with Crippen molar-refractivity contribution in [1.82, 2.24) is 15.0 Å². The van der Waals surface area contributed by atoms with Crippen molar-refractivity contribution in [3.05, 3.63) is 24.2 Å². The fourth-order valence-corrected chi connectivity index (χ4v) is 1.92. The fourth-order valence-electron chi connectivity index (χ4n) is 1.45. The first kappa shape index (κ1) is 11.5. The van der Waals surface area contributed by atoms with Crippen molar-refractivity contribution in [2.24, 2.45) is 0 Å². The molecule has 6 heteroatoms. The molecule has 0 radical (unpaired) electrons. The molecule has 0 bridgehead atoms. The van der Waals surface area contributed by atoms with Gasteiger partial charge in [-0.05, 0) is 12.5 Å². The summed E-state index contributed by atoms with van der Waals surface area (Å²) in [6, 6.07) is 1.77. The lowest BCUT2D eigenvalue weighted by atomic mass is 10.1. The number of hydrogen-bond donors (Lipinski definition) is 3. The summed E-state index contributed by atoms with van der Waals surface area (Å²) in [5.74, 6) is 0. The van der Waals surface area contributed by atoms with E-state index in [1.54, 1.807) is 12.3 Å². The van der Waals surface area contributed by atoms with Crippen LogP contribution in [0.3, 0.4) is 0 Å². The minimum absolute atomic E-state index is 0.389. The number of H-pyrrole nitrogens is 1. The van der Waals surface area contributed by atoms with E-state index < -0.39 is 12.2 Å². The second-order valence-corrected chi connectivity index (χ2v) is 4.29. The summed E-state index contributed by atoms with van der Waals surface area (Å²) < 4.78 is 0. The van der Waals surface area contributed by atoms with Crippen molar-refractivity contribution in [3.8, 4) is 0 Å². The summed E-state index contributed by atoms with van der Waals surface area (Å²) in [5, 5.41) is 20.1. The van der Waals surface area contributed by atoms with Gasteiger partial charge in [0.1, 0.15) is 11.6 Å². The van der Waals surface area contributed by atoms with Gasteiger partial charge in [-0.2, -0.15) is 0 Å². The van der Waals surface area contributed by atoms with Gasteiger partial charge in [-0.15, -0.1) is 0 Å². The molecule has 3 N–H and O–H groups in total. The molecule has 2 rings (SSSR count). The third kappa shape index (κ3) is 2.23. The van der Waals surface area contributed by atoms with Gasteiger partial charge in [0.25, 0.3) is 0 Å². The minimum Gasteiger partial charge on any atom is -0.390 e. The van der Waals surface area contributed by atoms with Crippen molar-refractivity contribution in [3.63, 3.8) is 0 Å². The van der Waals surface area contributed by atoms with Crippen LogP contribution in [-0.2, 0) is 0 Å². The van der Waals surface area contributed by atoms with Gasteiger partial charge in [-0.25, -0.2) is 9.97 Å². The molecule has 0 aromatic carbocycles. The number of halogens is 1. The topological polar surface area (TPSA) is 82.0 Å². The van der Waals surface area contributed by atoms with E-state index in [-0.39, 0.29) is 0 Å². The van der Waals surface area contributed by atoms with Crippen LogP contribution in [-0.4, -0.2) is 36.6 Å². The van der Waals surface area contributed by atoms with Crippen LogP contribution < -0.4 is 0 Å². The summed E-state index contributed by atoms with van der Waals surface area (Å²) in [5.41, 5.74) is 1.74. The fraction of sp³-hybridized carbons (Fsp3) is 0.400. The van der Waals surface area contributed by atoms with E-state index >= 15 is 0 Å². The number of hydrogen-bond acceptors (Lipinski definition) is 4. The lowest BCUT2D eigenvalue weighted by molar-refractivity contribution is 0.0148. The highest BCUT2D eigenvalue weighted by molar-refractivity contribution is 9.09. The Bertz CT molecular complexity index is 474. The number of rotatable bonds is 4. The van der Waals surface area contributed by atoms with Crippen LogP contribution in [0.2, 0.25) is 0 Å². The lowest BCUT2D eigenvalue weighted by Crippen LogP contribution is -2.19. The van der Waals surface area contributed by atoms with Crippen LogP contribution in [0.4, 0.5) is 0 Å². The number of aliphatic hydroxyl groups is 2. The van der Waals surface area contributed by atoms with Gasteiger partial charge in [0, 0.05) is 11.5 Å². The Morgan fingerprint density at radius 2 is 2.25 bits per heavy atom. The molecule has 0 saturated heterocycles. The number of aromatic nitrogens is 3. The normalized spacial score (nSPS) is 15.2. The van der Waals surface area contributed by atoms with E-state index in [1.165, 1.54) is 6.20 Å². The Kier molecular flexibility index (Phi) is 3.52. The molecule has 0 saturated carbocycles. The molecule has 0 spiro atoms. The van der Waals surface area contributed by atoms with Crippen LogP contribution in [0, 0.1) is 0 Å². The summed E-state index contributed by atoms with van der Waals surface area (Å²) in [4.78, 5) is 11.2. The summed E-state index contributed by atoms with van der Waals surface area (Å²) in [6.07, 6.45) is 1.85. The van der Waals surface area contributed by atoms with E-state index in [1.807, 2.05) is 0 Å². The molecule has 0 aliphatic heterocycles. The Morgan fingerprint density at radius 1 is 1.44 bits per heavy atom. The van der Waals surface area contributed by atoms with Gasteiger partial charge in [0.05, 0.1) is 18.0 Å². The first-order valence-electron chi connectivity index (χ1n) is 4.94. The van der Waals surface area contributed by atoms with Crippen LogP contribution in [0.1, 0.15) is 18.2 Å². The molecule has 0 aliphatic rings. The number of fused-ring (bicyclic) bond motifs is 1. The van der Waals surface area contributed by atoms with Gasteiger partial charge in [-0.3, -0.25) is 0 Å². The molecule has 0 amide bonds. The molecule has 16 heavy (non-hydrogen) atoms. The number of alkyl halides is 1. The molecule has 2 heterocycles. The van der Waals surface area contributed by atoms with Gasteiger partial charge >= 0.3 is 0 Å². The predicted octanol–water partition coefficient (Wildman–Crippen LogP) is 1.14. The zero-order valence-corrected chi connectivity index (χ0v) is 10.1. The molecule has 2 unspecified atom stereocenters. The van der Waals surface area contributed by atoms with Crippen molar-refractivity contribution < 1.29 is 10.2 Å². The van der Waals surface area contributed by atoms with E-state index in [9.17, 15) is 10.2 Å². The average Bonchev–Trinajstić information content (AvgIpc) is 2.75. The molecular weight excluding hydrogens is 274 g/mol. The maximum Gasteiger partial charge on any atom is 0.156 e. The molecule has 5 nitrogen and oxygen atoms in total. The number of aromatic amines is 1. The Balaban J connectivity index is 2.24. The number of aliphatic hydroxyl groups excluding tert-OH is 2. The Hall–Kier alpha value is -0.980. The molecule has 2 aromatic heterocycles. The largest absolute Gasteiger partial charge is 0.390 e. The highest BCUT2D eigenvalue weighted by atomic mass is 79.9. The van der Waals surface area contributed by atoms with Gasteiger partial charge < -0.3 is 15.2 Å². The molecule has 86 valence electrons. The first-order valence-corrected chi connectivity index (χ1v) is 6.06. The highest BCUT2D eigenvalue weighted by Gasteiger charge is 2.19. The molecule has 2 aromatic rings. The Labute approximate surface area is 101 Å². The van der Waals surface area contributed by atoms with E-state index in [0.29, 0.717) is 28.6 Å². The van der Waals surface area contributed by atoms with Crippen molar-refractivity contribution in [1.29, 1.82) is 0 Å². The SMILES string of the molecule is OC(CCBr)C(O)c1cnc2[nH]ccc2n1. The second-order valence-electron chi connectivity index (χ2n) is 3.50. The van der Waals surface area contributed by atoms with Gasteiger partial charge in [0.15, 0.2) is 5.65 Å². The third-order valence-electron chi connectivity index (χ3n) is 2.35. The van der Waals surface area contributed by atoms with Gasteiger partial charge in [0.2, 0.25) is 0 Å². The van der Waals surface area contributed by atoms with Crippen molar-refractivity contribution in [2.45, 2.75) is 18.6 Å². The van der Waals surface area contributed by atoms with Gasteiger partial charge in [-0.1, -0.05) is 15.9 Å². The molecule has 2 atom stereocenters. The minimum atomic E-state index is -0.996. The zero-order valence-electron chi connectivity index (χ0n) is 8.47. The first-order chi connectivity index (χ1) is 7.72. The molecular formula is C10H12BrN3O2. The van der Waals surface area contributed by atoms with Crippen molar-refractivity contribution in [2.75, 3.05) is 5.33 Å². The zero-order chi connectivity index (χ0) is 11.5. The summed E-state index contributed by atoms with van der Waals surface area (Å²) in [7, 11) is 0. The predicted molar refractivity (Wildman–Crippen MR) is 63.3 cm³/mol. The summed E-state index contributed by atoms with van der Waals surface area (Å²) in [6.45, 7) is 0. The maximum absolute atomic E-state index is 9.83. The second kappa shape index (κ2) is 4.90. The molecule has 0 aliphatic carbocycles. The lowest BCUT2D eigenvalue weighted by Gasteiger charge is -2.15. The Morgan fingerprint density at radius 3 is 3.00 bits per heavy atom. The van der Waals surface area contributed by atoms with E-state index in [0.717, 1.165) is 0 Å². The van der Waals surface area contributed by atoms with Crippen LogP contribution >= 0.6 is 15.9 Å². The third-order valence-corrected chi connectivity index (χ3v) is 2.81. The van der Waals surface area contributed by atoms with Crippen LogP contribution in [0.5, 0.6) is 0 Å². The monoisotopic (exact) mass is 285 g/mol. The molecule has 0 fully saturated rings. The smallest absolute Gasteiger partial charge is 0.156 e. The van der Waals surface area contributed by atoms with Crippen LogP contribution in [0.25, 0.3) is 11.2 Å². The van der Waals surface area contributed by atoms with Crippen LogP contribution in [0.15, 0.2) is 18.5 Å². The number of nitrogens with one attached hydrogen (secondary N) is 1. The average molecular weight is 286 g/mol.